The Balaban J connectivity index is 2.06. The predicted octanol–water partition coefficient (Wildman–Crippen LogP) is 1.20. The Morgan fingerprint density at radius 2 is 2.38 bits per heavy atom. The molecule has 0 aromatic carbocycles. The molecule has 2 atom stereocenters. The fourth-order valence-corrected chi connectivity index (χ4v) is 1.53. The third-order valence-electron chi connectivity index (χ3n) is 2.51. The van der Waals surface area contributed by atoms with Crippen LogP contribution in [0.2, 0.25) is 0 Å². The van der Waals surface area contributed by atoms with E-state index in [1.165, 1.54) is 0 Å². The summed E-state index contributed by atoms with van der Waals surface area (Å²) in [7, 11) is 0. The van der Waals surface area contributed by atoms with Crippen LogP contribution < -0.4 is 0 Å². The smallest absolute Gasteiger partial charge is 0.0859 e. The first-order valence-electron chi connectivity index (χ1n) is 5.18. The Morgan fingerprint density at radius 1 is 1.54 bits per heavy atom. The molecule has 0 radical (unpaired) electrons. The highest BCUT2D eigenvalue weighted by molar-refractivity contribution is 4.75. The van der Waals surface area contributed by atoms with Crippen LogP contribution in [0.15, 0.2) is 0 Å². The third-order valence-corrected chi connectivity index (χ3v) is 2.51. The molecular weight excluding hydrogens is 168 g/mol. The molecule has 1 saturated heterocycles. The van der Waals surface area contributed by atoms with Gasteiger partial charge >= 0.3 is 0 Å². The molecule has 78 valence electrons. The normalized spacial score (nSPS) is 28.2. The first-order chi connectivity index (χ1) is 6.38. The van der Waals surface area contributed by atoms with Crippen LogP contribution in [0.25, 0.3) is 0 Å². The molecule has 1 rings (SSSR count). The molecule has 0 bridgehead atoms. The van der Waals surface area contributed by atoms with Crippen molar-refractivity contribution in [2.45, 2.75) is 32.3 Å². The van der Waals surface area contributed by atoms with E-state index in [0.717, 1.165) is 32.5 Å². The SMILES string of the molecule is CCCCOC[C@H]1OCC[C@@H]1CO. The van der Waals surface area contributed by atoms with Crippen molar-refractivity contribution < 1.29 is 14.6 Å². The molecule has 0 saturated carbocycles. The molecule has 1 aliphatic heterocycles. The van der Waals surface area contributed by atoms with E-state index >= 15 is 0 Å². The van der Waals surface area contributed by atoms with Gasteiger partial charge < -0.3 is 14.6 Å². The summed E-state index contributed by atoms with van der Waals surface area (Å²) < 4.78 is 10.9. The quantitative estimate of drug-likeness (QED) is 0.637. The van der Waals surface area contributed by atoms with Crippen molar-refractivity contribution in [3.8, 4) is 0 Å². The van der Waals surface area contributed by atoms with Gasteiger partial charge in [0.1, 0.15) is 0 Å². The van der Waals surface area contributed by atoms with E-state index in [1.807, 2.05) is 0 Å². The van der Waals surface area contributed by atoms with Crippen LogP contribution in [0.1, 0.15) is 26.2 Å². The highest BCUT2D eigenvalue weighted by Gasteiger charge is 2.27. The molecule has 0 unspecified atom stereocenters. The molecule has 0 aliphatic carbocycles. The lowest BCUT2D eigenvalue weighted by Gasteiger charge is -2.16. The summed E-state index contributed by atoms with van der Waals surface area (Å²) in [5.41, 5.74) is 0. The molecule has 1 fully saturated rings. The van der Waals surface area contributed by atoms with E-state index in [4.69, 9.17) is 14.6 Å². The van der Waals surface area contributed by atoms with Crippen LogP contribution in [0.3, 0.4) is 0 Å². The molecule has 1 N–H and O–H groups in total. The van der Waals surface area contributed by atoms with Crippen molar-refractivity contribution in [3.05, 3.63) is 0 Å². The standard InChI is InChI=1S/C10H20O3/c1-2-3-5-12-8-10-9(7-11)4-6-13-10/h9-11H,2-8H2,1H3/t9-,10-/m1/s1. The number of aliphatic hydroxyl groups excluding tert-OH is 1. The molecule has 0 aromatic heterocycles. The number of rotatable bonds is 6. The number of hydrogen-bond acceptors (Lipinski definition) is 3. The summed E-state index contributed by atoms with van der Waals surface area (Å²) in [5.74, 6) is 0.293. The van der Waals surface area contributed by atoms with Gasteiger partial charge in [-0.15, -0.1) is 0 Å². The topological polar surface area (TPSA) is 38.7 Å². The Morgan fingerprint density at radius 3 is 3.08 bits per heavy atom. The minimum Gasteiger partial charge on any atom is -0.396 e. The summed E-state index contributed by atoms with van der Waals surface area (Å²) in [6.07, 6.45) is 3.37. The van der Waals surface area contributed by atoms with Crippen LogP contribution in [-0.4, -0.2) is 37.6 Å². The van der Waals surface area contributed by atoms with Crippen molar-refractivity contribution >= 4 is 0 Å². The molecule has 1 aliphatic rings. The maximum atomic E-state index is 9.00. The zero-order valence-corrected chi connectivity index (χ0v) is 8.37. The maximum absolute atomic E-state index is 9.00. The van der Waals surface area contributed by atoms with Crippen molar-refractivity contribution in [1.29, 1.82) is 0 Å². The molecule has 0 amide bonds. The molecule has 3 nitrogen and oxygen atoms in total. The van der Waals surface area contributed by atoms with E-state index < -0.39 is 0 Å². The monoisotopic (exact) mass is 188 g/mol. The van der Waals surface area contributed by atoms with Crippen LogP contribution in [0.5, 0.6) is 0 Å². The molecular formula is C10H20O3. The second-order valence-corrected chi connectivity index (χ2v) is 3.57. The fraction of sp³-hybridized carbons (Fsp3) is 1.00. The second kappa shape index (κ2) is 6.35. The summed E-state index contributed by atoms with van der Waals surface area (Å²) in [4.78, 5) is 0. The van der Waals surface area contributed by atoms with Gasteiger partial charge in [-0.25, -0.2) is 0 Å². The molecule has 3 heteroatoms. The molecule has 0 spiro atoms. The van der Waals surface area contributed by atoms with E-state index in [-0.39, 0.29) is 12.7 Å². The van der Waals surface area contributed by atoms with Crippen LogP contribution in [0, 0.1) is 5.92 Å². The van der Waals surface area contributed by atoms with Crippen LogP contribution in [0.4, 0.5) is 0 Å². The average Bonchev–Trinajstić information content (AvgIpc) is 2.60. The molecule has 1 heterocycles. The van der Waals surface area contributed by atoms with Gasteiger partial charge in [0.25, 0.3) is 0 Å². The van der Waals surface area contributed by atoms with E-state index in [9.17, 15) is 0 Å². The van der Waals surface area contributed by atoms with E-state index in [0.29, 0.717) is 12.5 Å². The lowest BCUT2D eigenvalue weighted by Crippen LogP contribution is -2.25. The van der Waals surface area contributed by atoms with Crippen LogP contribution in [-0.2, 0) is 9.47 Å². The lowest BCUT2D eigenvalue weighted by atomic mass is 10.0. The Bertz CT molecular complexity index is 127. The van der Waals surface area contributed by atoms with Gasteiger partial charge in [0, 0.05) is 25.7 Å². The van der Waals surface area contributed by atoms with Crippen molar-refractivity contribution in [2.24, 2.45) is 5.92 Å². The highest BCUT2D eigenvalue weighted by atomic mass is 16.5. The van der Waals surface area contributed by atoms with Gasteiger partial charge in [-0.3, -0.25) is 0 Å². The summed E-state index contributed by atoms with van der Waals surface area (Å²) in [6.45, 7) is 4.60. The number of aliphatic hydroxyl groups is 1. The Hall–Kier alpha value is -0.120. The summed E-state index contributed by atoms with van der Waals surface area (Å²) >= 11 is 0. The lowest BCUT2D eigenvalue weighted by molar-refractivity contribution is -0.00744. The first kappa shape index (κ1) is 11.0. The van der Waals surface area contributed by atoms with Gasteiger partial charge in [0.15, 0.2) is 0 Å². The van der Waals surface area contributed by atoms with Gasteiger partial charge in [-0.2, -0.15) is 0 Å². The Kier molecular flexibility index (Phi) is 5.35. The fourth-order valence-electron chi connectivity index (χ4n) is 1.53. The molecule has 13 heavy (non-hydrogen) atoms. The second-order valence-electron chi connectivity index (χ2n) is 3.57. The van der Waals surface area contributed by atoms with Crippen molar-refractivity contribution in [1.82, 2.24) is 0 Å². The highest BCUT2D eigenvalue weighted by Crippen LogP contribution is 2.20. The minimum absolute atomic E-state index is 0.127. The third kappa shape index (κ3) is 3.63. The van der Waals surface area contributed by atoms with Gasteiger partial charge in [-0.1, -0.05) is 13.3 Å². The number of unbranched alkanes of at least 4 members (excludes halogenated alkanes) is 1. The van der Waals surface area contributed by atoms with Gasteiger partial charge in [0.2, 0.25) is 0 Å². The van der Waals surface area contributed by atoms with Gasteiger partial charge in [0.05, 0.1) is 12.7 Å². The largest absolute Gasteiger partial charge is 0.396 e. The number of hydrogen-bond donors (Lipinski definition) is 1. The predicted molar refractivity (Wildman–Crippen MR) is 50.7 cm³/mol. The number of ether oxygens (including phenoxy) is 2. The zero-order valence-electron chi connectivity index (χ0n) is 8.37. The first-order valence-corrected chi connectivity index (χ1v) is 5.18. The van der Waals surface area contributed by atoms with E-state index in [1.54, 1.807) is 0 Å². The van der Waals surface area contributed by atoms with E-state index in [2.05, 4.69) is 6.92 Å². The zero-order chi connectivity index (χ0) is 9.52. The molecule has 0 aromatic rings. The minimum atomic E-state index is 0.127. The van der Waals surface area contributed by atoms with Gasteiger partial charge in [-0.05, 0) is 12.8 Å². The van der Waals surface area contributed by atoms with Crippen molar-refractivity contribution in [2.75, 3.05) is 26.4 Å². The Labute approximate surface area is 80.0 Å². The summed E-state index contributed by atoms with van der Waals surface area (Å²) in [6, 6.07) is 0. The maximum Gasteiger partial charge on any atom is 0.0859 e. The van der Waals surface area contributed by atoms with Crippen LogP contribution >= 0.6 is 0 Å². The average molecular weight is 188 g/mol. The summed E-state index contributed by atoms with van der Waals surface area (Å²) in [5, 5.41) is 9.00. The van der Waals surface area contributed by atoms with Crippen molar-refractivity contribution in [3.63, 3.8) is 0 Å².